The van der Waals surface area contributed by atoms with E-state index in [1.54, 1.807) is 13.0 Å². The van der Waals surface area contributed by atoms with Gasteiger partial charge >= 0.3 is 0 Å². The first-order valence-electron chi connectivity index (χ1n) is 6.32. The molecule has 0 aliphatic rings. The van der Waals surface area contributed by atoms with Crippen LogP contribution >= 0.6 is 0 Å². The van der Waals surface area contributed by atoms with Crippen LogP contribution in [0.2, 0.25) is 0 Å². The van der Waals surface area contributed by atoms with E-state index in [4.69, 9.17) is 5.14 Å². The number of amides is 1. The van der Waals surface area contributed by atoms with E-state index in [0.717, 1.165) is 17.3 Å². The molecule has 0 atom stereocenters. The maximum Gasteiger partial charge on any atom is 0.260 e. The Bertz CT molecular complexity index is 827. The fourth-order valence-corrected chi connectivity index (χ4v) is 2.68. The topological polar surface area (TPSA) is 138 Å². The average molecular weight is 324 g/mol. The van der Waals surface area contributed by atoms with Gasteiger partial charge in [0.25, 0.3) is 15.9 Å². The molecule has 2 aromatic rings. The summed E-state index contributed by atoms with van der Waals surface area (Å²) in [7, 11) is -4.08. The van der Waals surface area contributed by atoms with Crippen LogP contribution in [0.25, 0.3) is 0 Å². The molecule has 0 aliphatic carbocycles. The van der Waals surface area contributed by atoms with Crippen LogP contribution in [0.5, 0.6) is 0 Å². The minimum absolute atomic E-state index is 0.164. The molecule has 118 valence electrons. The lowest BCUT2D eigenvalue weighted by molar-refractivity contribution is 0.102. The van der Waals surface area contributed by atoms with Gasteiger partial charge in [0.2, 0.25) is 0 Å². The summed E-state index contributed by atoms with van der Waals surface area (Å²) in [5, 5.41) is 22.2. The van der Waals surface area contributed by atoms with Crippen LogP contribution < -0.4 is 10.5 Å². The lowest BCUT2D eigenvalue weighted by Gasteiger charge is -2.12. The van der Waals surface area contributed by atoms with Crippen molar-refractivity contribution in [1.29, 1.82) is 0 Å². The van der Waals surface area contributed by atoms with Gasteiger partial charge in [-0.25, -0.2) is 13.6 Å². The Hall–Kier alpha value is -2.23. The molecule has 0 unspecified atom stereocenters. The van der Waals surface area contributed by atoms with Crippen LogP contribution in [0.3, 0.4) is 0 Å². The van der Waals surface area contributed by atoms with E-state index in [0.29, 0.717) is 11.3 Å². The highest BCUT2D eigenvalue weighted by Crippen LogP contribution is 2.22. The van der Waals surface area contributed by atoms with Crippen LogP contribution in [-0.4, -0.2) is 29.6 Å². The van der Waals surface area contributed by atoms with Crippen molar-refractivity contribution in [1.82, 2.24) is 10.2 Å². The van der Waals surface area contributed by atoms with Crippen LogP contribution in [0.1, 0.15) is 27.0 Å². The second-order valence-electron chi connectivity index (χ2n) is 4.86. The number of carbonyl (C=O) groups excluding carboxylic acids is 1. The Labute approximate surface area is 127 Å². The first-order chi connectivity index (χ1) is 10.2. The van der Waals surface area contributed by atoms with Crippen molar-refractivity contribution in [3.8, 4) is 0 Å². The van der Waals surface area contributed by atoms with E-state index in [1.807, 2.05) is 13.0 Å². The van der Waals surface area contributed by atoms with E-state index < -0.39 is 21.0 Å². The lowest BCUT2D eigenvalue weighted by Crippen LogP contribution is -2.20. The second-order valence-corrected chi connectivity index (χ2v) is 6.36. The molecule has 1 aromatic heterocycles. The number of carbonyl (C=O) groups is 1. The average Bonchev–Trinajstić information content (AvgIpc) is 2.91. The van der Waals surface area contributed by atoms with Gasteiger partial charge in [0.15, 0.2) is 5.03 Å². The summed E-state index contributed by atoms with van der Waals surface area (Å²) < 4.78 is 22.8. The zero-order chi connectivity index (χ0) is 16.5. The molecule has 0 spiro atoms. The number of H-pyrrole nitrogens is 1. The Kier molecular flexibility index (Phi) is 4.31. The number of rotatable bonds is 4. The normalized spacial score (nSPS) is 11.5. The van der Waals surface area contributed by atoms with Crippen LogP contribution in [-0.2, 0) is 16.6 Å². The number of aliphatic hydroxyl groups is 1. The number of primary sulfonamides is 1. The molecule has 0 radical (unpaired) electrons. The molecule has 8 nitrogen and oxygen atoms in total. The molecule has 5 N–H and O–H groups in total. The van der Waals surface area contributed by atoms with Crippen molar-refractivity contribution in [2.75, 3.05) is 5.32 Å². The predicted octanol–water partition coefficient (Wildman–Crippen LogP) is 0.419. The van der Waals surface area contributed by atoms with E-state index in [2.05, 4.69) is 15.5 Å². The van der Waals surface area contributed by atoms with Crippen LogP contribution in [0.4, 0.5) is 5.69 Å². The molecule has 1 amide bonds. The molecule has 1 aromatic carbocycles. The minimum atomic E-state index is -4.08. The molecule has 1 heterocycles. The molecular weight excluding hydrogens is 308 g/mol. The predicted molar refractivity (Wildman–Crippen MR) is 79.8 cm³/mol. The highest BCUT2D eigenvalue weighted by atomic mass is 32.2. The van der Waals surface area contributed by atoms with E-state index in [-0.39, 0.29) is 12.2 Å². The molecule has 2 rings (SSSR count). The summed E-state index contributed by atoms with van der Waals surface area (Å²) in [5.74, 6) is -0.659. The van der Waals surface area contributed by atoms with Gasteiger partial charge in [-0.15, -0.1) is 0 Å². The second kappa shape index (κ2) is 5.87. The molecule has 0 bridgehead atoms. The Morgan fingerprint density at radius 1 is 1.36 bits per heavy atom. The van der Waals surface area contributed by atoms with Crippen molar-refractivity contribution in [2.24, 2.45) is 5.14 Å². The summed E-state index contributed by atoms with van der Waals surface area (Å²) in [6, 6.07) is 3.45. The van der Waals surface area contributed by atoms with Gasteiger partial charge in [-0.1, -0.05) is 6.07 Å². The monoisotopic (exact) mass is 324 g/mol. The van der Waals surface area contributed by atoms with E-state index >= 15 is 0 Å². The zero-order valence-electron chi connectivity index (χ0n) is 12.0. The van der Waals surface area contributed by atoms with Gasteiger partial charge in [0.05, 0.1) is 18.4 Å². The fourth-order valence-electron chi connectivity index (χ4n) is 2.04. The molecule has 9 heteroatoms. The third-order valence-corrected chi connectivity index (χ3v) is 4.12. The molecule has 0 fully saturated rings. The Morgan fingerprint density at radius 2 is 2.05 bits per heavy atom. The number of nitrogens with one attached hydrogen (secondary N) is 2. The number of aromatic amines is 1. The number of aryl methyl sites for hydroxylation is 2. The highest BCUT2D eigenvalue weighted by Gasteiger charge is 2.22. The van der Waals surface area contributed by atoms with Gasteiger partial charge in [0, 0.05) is 5.69 Å². The number of nitrogens with zero attached hydrogens (tertiary/aromatic N) is 1. The molecule has 22 heavy (non-hydrogen) atoms. The quantitative estimate of drug-likeness (QED) is 0.645. The Balaban J connectivity index is 2.36. The van der Waals surface area contributed by atoms with Gasteiger partial charge in [-0.3, -0.25) is 9.89 Å². The fraction of sp³-hybridized carbons (Fsp3) is 0.231. The number of nitrogens with two attached hydrogens (primary N) is 1. The van der Waals surface area contributed by atoms with Crippen molar-refractivity contribution < 1.29 is 18.3 Å². The van der Waals surface area contributed by atoms with E-state index in [9.17, 15) is 18.3 Å². The van der Waals surface area contributed by atoms with Gasteiger partial charge in [-0.05, 0) is 36.6 Å². The highest BCUT2D eigenvalue weighted by molar-refractivity contribution is 7.89. The Morgan fingerprint density at radius 3 is 2.64 bits per heavy atom. The standard InChI is InChI=1S/C13H16N4O4S/c1-7-3-8(2)11(4-9(7)6-18)16-12(19)10-5-15-17-13(10)22(14,20)21/h3-5,18H,6H2,1-2H3,(H,15,17)(H,16,19)(H2,14,20,21). The third-order valence-electron chi connectivity index (χ3n) is 3.23. The summed E-state index contributed by atoms with van der Waals surface area (Å²) in [5.41, 5.74) is 2.64. The summed E-state index contributed by atoms with van der Waals surface area (Å²) >= 11 is 0. The summed E-state index contributed by atoms with van der Waals surface area (Å²) in [4.78, 5) is 12.2. The van der Waals surface area contributed by atoms with Crippen molar-refractivity contribution in [2.45, 2.75) is 25.5 Å². The number of sulfonamides is 1. The first kappa shape index (κ1) is 16.1. The van der Waals surface area contributed by atoms with E-state index in [1.165, 1.54) is 0 Å². The minimum Gasteiger partial charge on any atom is -0.392 e. The van der Waals surface area contributed by atoms with Crippen molar-refractivity contribution in [3.05, 3.63) is 40.6 Å². The molecule has 0 aliphatic heterocycles. The third kappa shape index (κ3) is 3.16. The SMILES string of the molecule is Cc1cc(C)c(NC(=O)c2cn[nH]c2S(N)(=O)=O)cc1CO. The number of anilines is 1. The number of benzene rings is 1. The summed E-state index contributed by atoms with van der Waals surface area (Å²) in [6.07, 6.45) is 1.09. The van der Waals surface area contributed by atoms with Crippen molar-refractivity contribution in [3.63, 3.8) is 0 Å². The van der Waals surface area contributed by atoms with Crippen LogP contribution in [0, 0.1) is 13.8 Å². The zero-order valence-corrected chi connectivity index (χ0v) is 12.9. The molecular formula is C13H16N4O4S. The van der Waals surface area contributed by atoms with Gasteiger partial charge in [0.1, 0.15) is 0 Å². The number of aromatic nitrogens is 2. The lowest BCUT2D eigenvalue weighted by atomic mass is 10.0. The van der Waals surface area contributed by atoms with Gasteiger partial charge in [-0.2, -0.15) is 5.10 Å². The molecule has 0 saturated carbocycles. The molecule has 0 saturated heterocycles. The maximum absolute atomic E-state index is 12.2. The van der Waals surface area contributed by atoms with Gasteiger partial charge < -0.3 is 10.4 Å². The largest absolute Gasteiger partial charge is 0.392 e. The smallest absolute Gasteiger partial charge is 0.260 e. The number of aliphatic hydroxyl groups excluding tert-OH is 1. The first-order valence-corrected chi connectivity index (χ1v) is 7.87. The summed E-state index contributed by atoms with van der Waals surface area (Å²) in [6.45, 7) is 3.47. The maximum atomic E-state index is 12.2. The number of hydrogen-bond acceptors (Lipinski definition) is 5. The number of hydrogen-bond donors (Lipinski definition) is 4. The van der Waals surface area contributed by atoms with Crippen molar-refractivity contribution >= 4 is 21.6 Å². The van der Waals surface area contributed by atoms with Crippen LogP contribution in [0.15, 0.2) is 23.4 Å².